The van der Waals surface area contributed by atoms with Crippen LogP contribution in [-0.2, 0) is 0 Å². The smallest absolute Gasteiger partial charge is 0.179 e. The van der Waals surface area contributed by atoms with E-state index in [0.717, 1.165) is 12.8 Å². The molecule has 1 aliphatic carbocycles. The van der Waals surface area contributed by atoms with Gasteiger partial charge in [-0.2, -0.15) is 36.0 Å². The van der Waals surface area contributed by atoms with E-state index >= 15 is 0 Å². The van der Waals surface area contributed by atoms with Gasteiger partial charge in [0.25, 0.3) is 0 Å². The summed E-state index contributed by atoms with van der Waals surface area (Å²) < 4.78 is 0. The molecule has 0 nitrogen and oxygen atoms in total. The second-order valence-corrected chi connectivity index (χ2v) is 2.17. The van der Waals surface area contributed by atoms with Crippen molar-refractivity contribution in [3.05, 3.63) is 36.0 Å². The minimum absolute atomic E-state index is 0. The van der Waals surface area contributed by atoms with E-state index in [2.05, 4.69) is 18.7 Å². The van der Waals surface area contributed by atoms with Gasteiger partial charge in [0.05, 0.1) is 0 Å². The molecule has 1 rings (SSSR count). The molecule has 1 aliphatic rings. The SMILES string of the molecule is C=CC1=[C-]/C(=C/C)CC1.[K+]. The van der Waals surface area contributed by atoms with E-state index < -0.39 is 0 Å². The molecular formula is C9H11K. The Morgan fingerprint density at radius 3 is 2.50 bits per heavy atom. The fraction of sp³-hybridized carbons (Fsp3) is 0.333. The van der Waals surface area contributed by atoms with Crippen molar-refractivity contribution in [1.29, 1.82) is 0 Å². The molecule has 48 valence electrons. The summed E-state index contributed by atoms with van der Waals surface area (Å²) in [6.07, 6.45) is 9.52. The Labute approximate surface area is 106 Å². The quantitative estimate of drug-likeness (QED) is 0.361. The van der Waals surface area contributed by atoms with Gasteiger partial charge in [-0.25, -0.2) is 0 Å². The van der Waals surface area contributed by atoms with E-state index in [1.807, 2.05) is 13.0 Å². The van der Waals surface area contributed by atoms with E-state index in [4.69, 9.17) is 0 Å². The molecule has 0 aliphatic heterocycles. The van der Waals surface area contributed by atoms with Gasteiger partial charge in [0.2, 0.25) is 0 Å². The van der Waals surface area contributed by atoms with Crippen molar-refractivity contribution in [1.82, 2.24) is 0 Å². The third-order valence-corrected chi connectivity index (χ3v) is 1.58. The van der Waals surface area contributed by atoms with Crippen molar-refractivity contribution in [2.24, 2.45) is 0 Å². The Balaban J connectivity index is 0.000000810. The molecule has 0 aromatic carbocycles. The van der Waals surface area contributed by atoms with E-state index in [9.17, 15) is 0 Å². The summed E-state index contributed by atoms with van der Waals surface area (Å²) in [6.45, 7) is 5.73. The average Bonchev–Trinajstić information content (AvgIpc) is 2.34. The molecule has 0 bridgehead atoms. The second kappa shape index (κ2) is 5.50. The van der Waals surface area contributed by atoms with Crippen molar-refractivity contribution in [2.75, 3.05) is 0 Å². The van der Waals surface area contributed by atoms with Crippen molar-refractivity contribution in [3.8, 4) is 0 Å². The summed E-state index contributed by atoms with van der Waals surface area (Å²) >= 11 is 0. The Morgan fingerprint density at radius 1 is 1.50 bits per heavy atom. The topological polar surface area (TPSA) is 0 Å². The first-order chi connectivity index (χ1) is 4.36. The molecule has 0 amide bonds. The van der Waals surface area contributed by atoms with Crippen molar-refractivity contribution < 1.29 is 51.4 Å². The van der Waals surface area contributed by atoms with Gasteiger partial charge >= 0.3 is 51.4 Å². The van der Waals surface area contributed by atoms with E-state index in [-0.39, 0.29) is 51.4 Å². The predicted molar refractivity (Wildman–Crippen MR) is 39.9 cm³/mol. The molecule has 0 heterocycles. The van der Waals surface area contributed by atoms with E-state index in [0.29, 0.717) is 0 Å². The van der Waals surface area contributed by atoms with Gasteiger partial charge in [-0.15, -0.1) is 0 Å². The zero-order chi connectivity index (χ0) is 6.69. The van der Waals surface area contributed by atoms with Gasteiger partial charge in [0, 0.05) is 0 Å². The number of rotatable bonds is 1. The normalized spacial score (nSPS) is 20.1. The Hall–Kier alpha value is 0.856. The maximum Gasteiger partial charge on any atom is 1.00 e. The maximum absolute atomic E-state index is 3.68. The standard InChI is InChI=1S/C9H11.K/c1-3-8-5-6-9(4-2)7-8;/h3-4H,1,5-6H2,2H3;/q-1;+1/b9-4+;. The van der Waals surface area contributed by atoms with Crippen LogP contribution >= 0.6 is 0 Å². The maximum atomic E-state index is 3.68. The van der Waals surface area contributed by atoms with Crippen molar-refractivity contribution >= 4 is 0 Å². The number of allylic oxidation sites excluding steroid dienone is 5. The van der Waals surface area contributed by atoms with Crippen LogP contribution in [0.3, 0.4) is 0 Å². The second-order valence-electron chi connectivity index (χ2n) is 2.17. The Morgan fingerprint density at radius 2 is 2.20 bits per heavy atom. The zero-order valence-corrected chi connectivity index (χ0v) is 9.90. The van der Waals surface area contributed by atoms with Gasteiger partial charge in [-0.05, 0) is 12.8 Å². The van der Waals surface area contributed by atoms with Gasteiger partial charge in [-0.3, -0.25) is 0 Å². The van der Waals surface area contributed by atoms with Crippen LogP contribution in [0.25, 0.3) is 0 Å². The third-order valence-electron chi connectivity index (χ3n) is 1.58. The fourth-order valence-electron chi connectivity index (χ4n) is 0.970. The largest absolute Gasteiger partial charge is 1.00 e. The summed E-state index contributed by atoms with van der Waals surface area (Å²) in [5.41, 5.74) is 2.58. The van der Waals surface area contributed by atoms with Crippen LogP contribution in [0.4, 0.5) is 0 Å². The molecule has 0 spiro atoms. The molecule has 0 aromatic rings. The van der Waals surface area contributed by atoms with Crippen molar-refractivity contribution in [3.63, 3.8) is 0 Å². The number of hydrogen-bond acceptors (Lipinski definition) is 0. The molecular weight excluding hydrogens is 147 g/mol. The molecule has 0 fully saturated rings. The van der Waals surface area contributed by atoms with Crippen LogP contribution in [0.2, 0.25) is 0 Å². The van der Waals surface area contributed by atoms with Crippen LogP contribution in [0.15, 0.2) is 29.9 Å². The molecule has 0 saturated carbocycles. The Bertz CT molecular complexity index is 175. The first-order valence-corrected chi connectivity index (χ1v) is 3.27. The van der Waals surface area contributed by atoms with Gasteiger partial charge < -0.3 is 0 Å². The van der Waals surface area contributed by atoms with Crippen LogP contribution < -0.4 is 51.4 Å². The molecule has 0 aromatic heterocycles. The van der Waals surface area contributed by atoms with E-state index in [1.165, 1.54) is 11.1 Å². The molecule has 0 radical (unpaired) electrons. The third kappa shape index (κ3) is 2.85. The van der Waals surface area contributed by atoms with Crippen molar-refractivity contribution in [2.45, 2.75) is 19.8 Å². The molecule has 0 atom stereocenters. The first kappa shape index (κ1) is 10.9. The van der Waals surface area contributed by atoms with Gasteiger partial charge in [0.1, 0.15) is 0 Å². The summed E-state index contributed by atoms with van der Waals surface area (Å²) in [4.78, 5) is 0. The van der Waals surface area contributed by atoms with Crippen LogP contribution in [0, 0.1) is 6.08 Å². The summed E-state index contributed by atoms with van der Waals surface area (Å²) in [6, 6.07) is 0. The van der Waals surface area contributed by atoms with E-state index in [1.54, 1.807) is 0 Å². The molecule has 0 unspecified atom stereocenters. The molecule has 10 heavy (non-hydrogen) atoms. The zero-order valence-electron chi connectivity index (χ0n) is 6.78. The molecule has 0 N–H and O–H groups in total. The average molecular weight is 158 g/mol. The monoisotopic (exact) mass is 158 g/mol. The van der Waals surface area contributed by atoms with Gasteiger partial charge in [-0.1, -0.05) is 6.92 Å². The summed E-state index contributed by atoms with van der Waals surface area (Å²) in [7, 11) is 0. The number of hydrogen-bond donors (Lipinski definition) is 0. The van der Waals surface area contributed by atoms with Crippen LogP contribution in [0.1, 0.15) is 19.8 Å². The van der Waals surface area contributed by atoms with Crippen LogP contribution in [0.5, 0.6) is 0 Å². The fourth-order valence-corrected chi connectivity index (χ4v) is 0.970. The van der Waals surface area contributed by atoms with Crippen LogP contribution in [-0.4, -0.2) is 0 Å². The predicted octanol–water partition coefficient (Wildman–Crippen LogP) is -0.354. The summed E-state index contributed by atoms with van der Waals surface area (Å²) in [5, 5.41) is 0. The minimum atomic E-state index is 0. The first-order valence-electron chi connectivity index (χ1n) is 3.27. The molecule has 1 heteroatoms. The molecule has 0 saturated heterocycles. The van der Waals surface area contributed by atoms with Gasteiger partial charge in [0.15, 0.2) is 0 Å². The Kier molecular flexibility index (Phi) is 5.97. The summed E-state index contributed by atoms with van der Waals surface area (Å²) in [5.74, 6) is 0. The minimum Gasteiger partial charge on any atom is -0.179 e.